The summed E-state index contributed by atoms with van der Waals surface area (Å²) in [5, 5.41) is 4.38. The number of aromatic nitrogens is 2. The Labute approximate surface area is 165 Å². The number of rotatable bonds is 8. The zero-order valence-electron chi connectivity index (χ0n) is 16.5. The third-order valence-electron chi connectivity index (χ3n) is 4.58. The van der Waals surface area contributed by atoms with Crippen LogP contribution in [0.25, 0.3) is 5.69 Å². The number of benzene rings is 2. The average molecular weight is 379 g/mol. The van der Waals surface area contributed by atoms with Crippen LogP contribution in [0.4, 0.5) is 0 Å². The molecule has 0 saturated heterocycles. The molecule has 0 atom stereocenters. The van der Waals surface area contributed by atoms with Crippen LogP contribution in [0.1, 0.15) is 17.5 Å². The van der Waals surface area contributed by atoms with Gasteiger partial charge >= 0.3 is 0 Å². The standard InChI is InChI=1S/C22H25N3O3/c1-24(15-18-14-23-25(16-18)19-7-5-4-6-8-19)22(26)12-10-17-9-11-20(27-2)21(13-17)28-3/h4-9,11,13-14,16H,10,12,15H2,1-3H3. The van der Waals surface area contributed by atoms with Crippen molar-refractivity contribution < 1.29 is 14.3 Å². The lowest BCUT2D eigenvalue weighted by Crippen LogP contribution is -2.26. The van der Waals surface area contributed by atoms with E-state index < -0.39 is 0 Å². The third-order valence-corrected chi connectivity index (χ3v) is 4.58. The van der Waals surface area contributed by atoms with E-state index in [9.17, 15) is 4.79 Å². The van der Waals surface area contributed by atoms with Gasteiger partial charge in [0.05, 0.1) is 26.1 Å². The number of amides is 1. The van der Waals surface area contributed by atoms with Gasteiger partial charge in [0.1, 0.15) is 0 Å². The van der Waals surface area contributed by atoms with Crippen LogP contribution in [0.5, 0.6) is 11.5 Å². The topological polar surface area (TPSA) is 56.6 Å². The SMILES string of the molecule is COc1ccc(CCC(=O)N(C)Cc2cnn(-c3ccccc3)c2)cc1OC. The van der Waals surface area contributed by atoms with Gasteiger partial charge in [-0.15, -0.1) is 0 Å². The van der Waals surface area contributed by atoms with Crippen LogP contribution in [-0.2, 0) is 17.8 Å². The number of carbonyl (C=O) groups excluding carboxylic acids is 1. The second kappa shape index (κ2) is 9.08. The van der Waals surface area contributed by atoms with E-state index in [1.165, 1.54) is 0 Å². The first kappa shape index (κ1) is 19.5. The second-order valence-electron chi connectivity index (χ2n) is 6.57. The summed E-state index contributed by atoms with van der Waals surface area (Å²) in [6.45, 7) is 0.525. The molecule has 2 aromatic carbocycles. The minimum absolute atomic E-state index is 0.0854. The minimum Gasteiger partial charge on any atom is -0.493 e. The maximum Gasteiger partial charge on any atom is 0.222 e. The maximum atomic E-state index is 12.5. The van der Waals surface area contributed by atoms with Crippen LogP contribution in [0, 0.1) is 0 Å². The fourth-order valence-corrected chi connectivity index (χ4v) is 3.00. The van der Waals surface area contributed by atoms with Crippen LogP contribution in [0.2, 0.25) is 0 Å². The number of hydrogen-bond donors (Lipinski definition) is 0. The normalized spacial score (nSPS) is 10.5. The Balaban J connectivity index is 1.56. The number of aryl methyl sites for hydroxylation is 1. The van der Waals surface area contributed by atoms with Gasteiger partial charge in [0, 0.05) is 31.8 Å². The van der Waals surface area contributed by atoms with Gasteiger partial charge in [0.25, 0.3) is 0 Å². The molecule has 3 aromatic rings. The van der Waals surface area contributed by atoms with Crippen molar-refractivity contribution in [1.82, 2.24) is 14.7 Å². The van der Waals surface area contributed by atoms with E-state index in [0.717, 1.165) is 16.8 Å². The van der Waals surface area contributed by atoms with Crippen molar-refractivity contribution in [2.24, 2.45) is 0 Å². The van der Waals surface area contributed by atoms with Gasteiger partial charge < -0.3 is 14.4 Å². The maximum absolute atomic E-state index is 12.5. The molecule has 28 heavy (non-hydrogen) atoms. The molecular weight excluding hydrogens is 354 g/mol. The van der Waals surface area contributed by atoms with Crippen LogP contribution in [0.3, 0.4) is 0 Å². The molecule has 1 aromatic heterocycles. The first-order valence-electron chi connectivity index (χ1n) is 9.14. The smallest absolute Gasteiger partial charge is 0.222 e. The summed E-state index contributed by atoms with van der Waals surface area (Å²) < 4.78 is 12.4. The number of nitrogens with zero attached hydrogens (tertiary/aromatic N) is 3. The van der Waals surface area contributed by atoms with E-state index in [-0.39, 0.29) is 5.91 Å². The molecule has 0 bridgehead atoms. The first-order valence-corrected chi connectivity index (χ1v) is 9.14. The fraction of sp³-hybridized carbons (Fsp3) is 0.273. The molecule has 146 valence electrons. The van der Waals surface area contributed by atoms with Gasteiger partial charge in [-0.2, -0.15) is 5.10 Å². The van der Waals surface area contributed by atoms with E-state index in [0.29, 0.717) is 30.9 Å². The molecule has 0 aliphatic carbocycles. The zero-order valence-corrected chi connectivity index (χ0v) is 16.5. The summed E-state index contributed by atoms with van der Waals surface area (Å²) in [6.07, 6.45) is 4.82. The number of ether oxygens (including phenoxy) is 2. The van der Waals surface area contributed by atoms with Gasteiger partial charge in [-0.1, -0.05) is 24.3 Å². The number of para-hydroxylation sites is 1. The predicted molar refractivity (Wildman–Crippen MR) is 108 cm³/mol. The Bertz CT molecular complexity index is 922. The molecular formula is C22H25N3O3. The Morgan fingerprint density at radius 1 is 1.04 bits per heavy atom. The van der Waals surface area contributed by atoms with Gasteiger partial charge in [0.15, 0.2) is 11.5 Å². The molecule has 3 rings (SSSR count). The highest BCUT2D eigenvalue weighted by Crippen LogP contribution is 2.28. The Kier molecular flexibility index (Phi) is 6.32. The Hall–Kier alpha value is -3.28. The molecule has 6 heteroatoms. The van der Waals surface area contributed by atoms with E-state index in [1.54, 1.807) is 25.3 Å². The molecule has 1 amide bonds. The quantitative estimate of drug-likeness (QED) is 0.601. The van der Waals surface area contributed by atoms with Crippen molar-refractivity contribution in [3.05, 3.63) is 72.1 Å². The highest BCUT2D eigenvalue weighted by atomic mass is 16.5. The third kappa shape index (κ3) is 4.71. The van der Waals surface area contributed by atoms with Crippen LogP contribution >= 0.6 is 0 Å². The van der Waals surface area contributed by atoms with Crippen LogP contribution in [0.15, 0.2) is 60.9 Å². The molecule has 6 nitrogen and oxygen atoms in total. The number of hydrogen-bond acceptors (Lipinski definition) is 4. The molecule has 0 saturated carbocycles. The highest BCUT2D eigenvalue weighted by Gasteiger charge is 2.12. The average Bonchev–Trinajstić information content (AvgIpc) is 3.20. The fourth-order valence-electron chi connectivity index (χ4n) is 3.00. The summed E-state index contributed by atoms with van der Waals surface area (Å²) in [5.41, 5.74) is 3.03. The Morgan fingerprint density at radius 2 is 1.79 bits per heavy atom. The summed E-state index contributed by atoms with van der Waals surface area (Å²) in [7, 11) is 5.03. The van der Waals surface area contributed by atoms with Crippen LogP contribution in [-0.4, -0.2) is 41.9 Å². The molecule has 0 radical (unpaired) electrons. The van der Waals surface area contributed by atoms with Crippen LogP contribution < -0.4 is 9.47 Å². The summed E-state index contributed by atoms with van der Waals surface area (Å²) in [5.74, 6) is 1.45. The van der Waals surface area contributed by atoms with Crippen molar-refractivity contribution in [3.63, 3.8) is 0 Å². The first-order chi connectivity index (χ1) is 13.6. The number of carbonyl (C=O) groups is 1. The van der Waals surface area contributed by atoms with Crippen molar-refractivity contribution in [3.8, 4) is 17.2 Å². The van der Waals surface area contributed by atoms with Crippen molar-refractivity contribution in [2.45, 2.75) is 19.4 Å². The predicted octanol–water partition coefficient (Wildman–Crippen LogP) is 3.48. The summed E-state index contributed by atoms with van der Waals surface area (Å²) in [4.78, 5) is 14.2. The molecule has 0 aliphatic rings. The molecule has 0 N–H and O–H groups in total. The molecule has 0 fully saturated rings. The minimum atomic E-state index is 0.0854. The van der Waals surface area contributed by atoms with Crippen molar-refractivity contribution in [2.75, 3.05) is 21.3 Å². The molecule has 1 heterocycles. The van der Waals surface area contributed by atoms with E-state index in [4.69, 9.17) is 9.47 Å². The van der Waals surface area contributed by atoms with E-state index in [2.05, 4.69) is 5.10 Å². The van der Waals surface area contributed by atoms with E-state index in [1.807, 2.05) is 66.5 Å². The van der Waals surface area contributed by atoms with E-state index >= 15 is 0 Å². The van der Waals surface area contributed by atoms with Gasteiger partial charge in [-0.25, -0.2) is 4.68 Å². The lowest BCUT2D eigenvalue weighted by atomic mass is 10.1. The lowest BCUT2D eigenvalue weighted by molar-refractivity contribution is -0.130. The Morgan fingerprint density at radius 3 is 2.50 bits per heavy atom. The second-order valence-corrected chi connectivity index (χ2v) is 6.57. The molecule has 0 unspecified atom stereocenters. The number of methoxy groups -OCH3 is 2. The summed E-state index contributed by atoms with van der Waals surface area (Å²) >= 11 is 0. The van der Waals surface area contributed by atoms with Crippen molar-refractivity contribution >= 4 is 5.91 Å². The zero-order chi connectivity index (χ0) is 19.9. The lowest BCUT2D eigenvalue weighted by Gasteiger charge is -2.16. The van der Waals surface area contributed by atoms with Gasteiger partial charge in [-0.05, 0) is 36.2 Å². The van der Waals surface area contributed by atoms with Gasteiger partial charge in [-0.3, -0.25) is 4.79 Å². The summed E-state index contributed by atoms with van der Waals surface area (Å²) in [6, 6.07) is 15.6. The molecule has 0 spiro atoms. The van der Waals surface area contributed by atoms with Gasteiger partial charge in [0.2, 0.25) is 5.91 Å². The largest absolute Gasteiger partial charge is 0.493 e. The monoisotopic (exact) mass is 379 g/mol. The molecule has 0 aliphatic heterocycles. The highest BCUT2D eigenvalue weighted by molar-refractivity contribution is 5.76. The van der Waals surface area contributed by atoms with Crippen molar-refractivity contribution in [1.29, 1.82) is 0 Å².